The van der Waals surface area contributed by atoms with Gasteiger partial charge in [-0.15, -0.1) is 0 Å². The molecular formula is C20H30N4O2. The molecule has 2 amide bonds. The first-order chi connectivity index (χ1) is 12.5. The van der Waals surface area contributed by atoms with Gasteiger partial charge in [0.05, 0.1) is 18.0 Å². The highest BCUT2D eigenvalue weighted by Crippen LogP contribution is 2.49. The van der Waals surface area contributed by atoms with E-state index in [2.05, 4.69) is 23.8 Å². The summed E-state index contributed by atoms with van der Waals surface area (Å²) in [5, 5.41) is 4.28. The van der Waals surface area contributed by atoms with Gasteiger partial charge in [0.25, 0.3) is 0 Å². The van der Waals surface area contributed by atoms with Gasteiger partial charge in [-0.05, 0) is 43.6 Å². The van der Waals surface area contributed by atoms with E-state index in [1.807, 2.05) is 21.8 Å². The monoisotopic (exact) mass is 358 g/mol. The van der Waals surface area contributed by atoms with Crippen molar-refractivity contribution in [1.82, 2.24) is 19.6 Å². The van der Waals surface area contributed by atoms with Crippen LogP contribution in [0.25, 0.3) is 0 Å². The molecule has 0 N–H and O–H groups in total. The van der Waals surface area contributed by atoms with Crippen molar-refractivity contribution >= 4 is 11.8 Å². The molecule has 0 spiro atoms. The van der Waals surface area contributed by atoms with Gasteiger partial charge in [-0.25, -0.2) is 0 Å². The molecule has 6 heteroatoms. The standard InChI is InChI=1S/C20H30N4O2/c1-15(2)17-13-22(11-6-18(25)24(17)12-16-4-5-16)19(26)20(7-8-20)14-23-10-3-9-21-23/h3,9-10,15-17H,4-8,11-14H2,1-2H3. The van der Waals surface area contributed by atoms with Crippen molar-refractivity contribution in [2.45, 2.75) is 58.5 Å². The lowest BCUT2D eigenvalue weighted by Crippen LogP contribution is -2.49. The first-order valence-electron chi connectivity index (χ1n) is 10.0. The SMILES string of the molecule is CC(C)C1CN(C(=O)C2(Cn3cccn3)CC2)CCC(=O)N1CC1CC1. The number of carbonyl (C=O) groups excluding carboxylic acids is 2. The minimum Gasteiger partial charge on any atom is -0.340 e. The molecule has 1 aromatic heterocycles. The summed E-state index contributed by atoms with van der Waals surface area (Å²) in [6, 6.07) is 2.03. The smallest absolute Gasteiger partial charge is 0.230 e. The molecule has 0 radical (unpaired) electrons. The van der Waals surface area contributed by atoms with Gasteiger partial charge < -0.3 is 9.80 Å². The van der Waals surface area contributed by atoms with Crippen LogP contribution in [0.2, 0.25) is 0 Å². The number of nitrogens with zero attached hydrogens (tertiary/aromatic N) is 4. The lowest BCUT2D eigenvalue weighted by Gasteiger charge is -2.35. The Balaban J connectivity index is 1.49. The highest BCUT2D eigenvalue weighted by atomic mass is 16.2. The van der Waals surface area contributed by atoms with Crippen LogP contribution in [0.1, 0.15) is 46.0 Å². The summed E-state index contributed by atoms with van der Waals surface area (Å²) in [5.74, 6) is 1.48. The van der Waals surface area contributed by atoms with E-state index in [4.69, 9.17) is 0 Å². The Labute approximate surface area is 155 Å². The van der Waals surface area contributed by atoms with E-state index in [0.29, 0.717) is 37.9 Å². The maximum atomic E-state index is 13.3. The maximum Gasteiger partial charge on any atom is 0.230 e. The molecule has 3 aliphatic rings. The van der Waals surface area contributed by atoms with Crippen LogP contribution in [-0.4, -0.2) is 57.1 Å². The highest BCUT2D eigenvalue weighted by Gasteiger charge is 2.53. The third-order valence-electron chi connectivity index (χ3n) is 6.26. The number of rotatable bonds is 6. The molecule has 3 fully saturated rings. The number of hydrogen-bond donors (Lipinski definition) is 0. The van der Waals surface area contributed by atoms with Crippen LogP contribution in [0.4, 0.5) is 0 Å². The molecule has 1 aromatic rings. The van der Waals surface area contributed by atoms with Gasteiger partial charge in [0, 0.05) is 38.4 Å². The Morgan fingerprint density at radius 1 is 1.35 bits per heavy atom. The number of hydrogen-bond acceptors (Lipinski definition) is 3. The second-order valence-corrected chi connectivity index (χ2v) is 8.79. The second kappa shape index (κ2) is 6.71. The van der Waals surface area contributed by atoms with E-state index >= 15 is 0 Å². The molecule has 1 saturated heterocycles. The van der Waals surface area contributed by atoms with Gasteiger partial charge in [0.15, 0.2) is 0 Å². The van der Waals surface area contributed by atoms with Gasteiger partial charge >= 0.3 is 0 Å². The Bertz CT molecular complexity index is 661. The van der Waals surface area contributed by atoms with Crippen molar-refractivity contribution in [2.24, 2.45) is 17.3 Å². The zero-order chi connectivity index (χ0) is 18.3. The van der Waals surface area contributed by atoms with Crippen LogP contribution < -0.4 is 0 Å². The van der Waals surface area contributed by atoms with Crippen molar-refractivity contribution in [1.29, 1.82) is 0 Å². The topological polar surface area (TPSA) is 58.4 Å². The van der Waals surface area contributed by atoms with Crippen LogP contribution in [-0.2, 0) is 16.1 Å². The van der Waals surface area contributed by atoms with Gasteiger partial charge in [0.1, 0.15) is 0 Å². The summed E-state index contributed by atoms with van der Waals surface area (Å²) in [5.41, 5.74) is -0.303. The fourth-order valence-electron chi connectivity index (χ4n) is 4.18. The highest BCUT2D eigenvalue weighted by molar-refractivity contribution is 5.86. The molecule has 2 aliphatic carbocycles. The molecule has 6 nitrogen and oxygen atoms in total. The number of aromatic nitrogens is 2. The fourth-order valence-corrected chi connectivity index (χ4v) is 4.18. The predicted molar refractivity (Wildman–Crippen MR) is 98.2 cm³/mol. The molecule has 1 aliphatic heterocycles. The molecule has 1 unspecified atom stereocenters. The van der Waals surface area contributed by atoms with Crippen molar-refractivity contribution in [3.63, 3.8) is 0 Å². The van der Waals surface area contributed by atoms with Crippen molar-refractivity contribution in [3.8, 4) is 0 Å². The summed E-state index contributed by atoms with van der Waals surface area (Å²) < 4.78 is 1.87. The Morgan fingerprint density at radius 2 is 2.12 bits per heavy atom. The van der Waals surface area contributed by atoms with Crippen LogP contribution in [0, 0.1) is 17.3 Å². The van der Waals surface area contributed by atoms with E-state index < -0.39 is 0 Å². The molecule has 0 aromatic carbocycles. The largest absolute Gasteiger partial charge is 0.340 e. The quantitative estimate of drug-likeness (QED) is 0.783. The van der Waals surface area contributed by atoms with E-state index in [0.717, 1.165) is 19.4 Å². The molecule has 0 bridgehead atoms. The van der Waals surface area contributed by atoms with Crippen LogP contribution >= 0.6 is 0 Å². The fraction of sp³-hybridized carbons (Fsp3) is 0.750. The summed E-state index contributed by atoms with van der Waals surface area (Å²) in [7, 11) is 0. The molecule has 142 valence electrons. The first-order valence-corrected chi connectivity index (χ1v) is 10.0. The van der Waals surface area contributed by atoms with Crippen molar-refractivity contribution < 1.29 is 9.59 Å². The number of carbonyl (C=O) groups is 2. The van der Waals surface area contributed by atoms with Crippen LogP contribution in [0.5, 0.6) is 0 Å². The van der Waals surface area contributed by atoms with Gasteiger partial charge in [-0.1, -0.05) is 13.8 Å². The summed E-state index contributed by atoms with van der Waals surface area (Å²) in [6.07, 6.45) is 8.47. The minimum absolute atomic E-state index is 0.134. The third kappa shape index (κ3) is 3.51. The molecule has 26 heavy (non-hydrogen) atoms. The zero-order valence-corrected chi connectivity index (χ0v) is 15.9. The Morgan fingerprint density at radius 3 is 2.69 bits per heavy atom. The Kier molecular flexibility index (Phi) is 4.53. The predicted octanol–water partition coefficient (Wildman–Crippen LogP) is 2.16. The van der Waals surface area contributed by atoms with E-state index in [9.17, 15) is 9.59 Å². The zero-order valence-electron chi connectivity index (χ0n) is 15.9. The second-order valence-electron chi connectivity index (χ2n) is 8.79. The molecule has 2 saturated carbocycles. The van der Waals surface area contributed by atoms with Gasteiger partial charge in [-0.2, -0.15) is 5.10 Å². The first kappa shape index (κ1) is 17.6. The minimum atomic E-state index is -0.303. The average Bonchev–Trinajstić information content (AvgIpc) is 3.52. The summed E-state index contributed by atoms with van der Waals surface area (Å²) in [6.45, 7) is 7.10. The third-order valence-corrected chi connectivity index (χ3v) is 6.26. The lowest BCUT2D eigenvalue weighted by atomic mass is 10.00. The molecular weight excluding hydrogens is 328 g/mol. The normalized spacial score (nSPS) is 25.5. The lowest BCUT2D eigenvalue weighted by molar-refractivity contribution is -0.138. The van der Waals surface area contributed by atoms with Crippen molar-refractivity contribution in [2.75, 3.05) is 19.6 Å². The van der Waals surface area contributed by atoms with Crippen molar-refractivity contribution in [3.05, 3.63) is 18.5 Å². The molecule has 4 rings (SSSR count). The van der Waals surface area contributed by atoms with E-state index in [-0.39, 0.29) is 23.3 Å². The maximum absolute atomic E-state index is 13.3. The Hall–Kier alpha value is -1.85. The summed E-state index contributed by atoms with van der Waals surface area (Å²) >= 11 is 0. The average molecular weight is 358 g/mol. The molecule has 2 heterocycles. The van der Waals surface area contributed by atoms with Crippen LogP contribution in [0.15, 0.2) is 18.5 Å². The molecule has 1 atom stereocenters. The number of amides is 2. The van der Waals surface area contributed by atoms with E-state index in [1.165, 1.54) is 12.8 Å². The summed E-state index contributed by atoms with van der Waals surface area (Å²) in [4.78, 5) is 30.2. The van der Waals surface area contributed by atoms with Gasteiger partial charge in [-0.3, -0.25) is 14.3 Å². The van der Waals surface area contributed by atoms with E-state index in [1.54, 1.807) is 6.20 Å². The van der Waals surface area contributed by atoms with Gasteiger partial charge in [0.2, 0.25) is 11.8 Å². The van der Waals surface area contributed by atoms with Crippen LogP contribution in [0.3, 0.4) is 0 Å².